The maximum absolute atomic E-state index is 13.1. The number of nitrogens with zero attached hydrogens (tertiary/aromatic N) is 2. The molecule has 1 aliphatic carbocycles. The summed E-state index contributed by atoms with van der Waals surface area (Å²) in [6, 6.07) is 14.9. The summed E-state index contributed by atoms with van der Waals surface area (Å²) in [5.41, 5.74) is 1.47. The predicted molar refractivity (Wildman–Crippen MR) is 96.5 cm³/mol. The molecule has 4 rings (SSSR count). The number of hydrogen-bond acceptors (Lipinski definition) is 4. The Morgan fingerprint density at radius 3 is 2.58 bits per heavy atom. The minimum atomic E-state index is -2.71. The van der Waals surface area contributed by atoms with E-state index in [4.69, 9.17) is 4.74 Å². The lowest BCUT2D eigenvalue weighted by Gasteiger charge is -2.27. The van der Waals surface area contributed by atoms with E-state index in [9.17, 15) is 8.78 Å². The monoisotopic (exact) mass is 355 g/mol. The van der Waals surface area contributed by atoms with Crippen LogP contribution in [0.15, 0.2) is 48.5 Å². The van der Waals surface area contributed by atoms with Crippen molar-refractivity contribution >= 4 is 16.7 Å². The SMILES string of the molecule is FC(F)c1nc(NCc2ccccc2OC2CCC2)c2ccccc2n1. The van der Waals surface area contributed by atoms with E-state index in [0.717, 1.165) is 24.2 Å². The lowest BCUT2D eigenvalue weighted by molar-refractivity contribution is 0.119. The van der Waals surface area contributed by atoms with Crippen LogP contribution in [-0.4, -0.2) is 16.1 Å². The van der Waals surface area contributed by atoms with E-state index >= 15 is 0 Å². The van der Waals surface area contributed by atoms with Crippen molar-refractivity contribution < 1.29 is 13.5 Å². The topological polar surface area (TPSA) is 47.0 Å². The third-order valence-corrected chi connectivity index (χ3v) is 4.58. The van der Waals surface area contributed by atoms with Crippen molar-refractivity contribution in [1.82, 2.24) is 9.97 Å². The second kappa shape index (κ2) is 7.23. The van der Waals surface area contributed by atoms with Crippen molar-refractivity contribution in [2.45, 2.75) is 38.3 Å². The maximum Gasteiger partial charge on any atom is 0.297 e. The van der Waals surface area contributed by atoms with E-state index in [1.54, 1.807) is 12.1 Å². The summed E-state index contributed by atoms with van der Waals surface area (Å²) < 4.78 is 32.3. The third kappa shape index (κ3) is 3.45. The van der Waals surface area contributed by atoms with Gasteiger partial charge in [0, 0.05) is 17.5 Å². The number of ether oxygens (including phenoxy) is 1. The van der Waals surface area contributed by atoms with Gasteiger partial charge in [-0.05, 0) is 37.5 Å². The summed E-state index contributed by atoms with van der Waals surface area (Å²) in [4.78, 5) is 7.96. The molecule has 4 nitrogen and oxygen atoms in total. The second-order valence-electron chi connectivity index (χ2n) is 6.38. The van der Waals surface area contributed by atoms with Gasteiger partial charge in [-0.25, -0.2) is 18.7 Å². The number of nitrogens with one attached hydrogen (secondary N) is 1. The molecule has 0 atom stereocenters. The molecule has 6 heteroatoms. The molecule has 26 heavy (non-hydrogen) atoms. The number of rotatable bonds is 6. The van der Waals surface area contributed by atoms with E-state index in [0.29, 0.717) is 23.3 Å². The Morgan fingerprint density at radius 1 is 1.04 bits per heavy atom. The molecule has 0 saturated heterocycles. The summed E-state index contributed by atoms with van der Waals surface area (Å²) in [7, 11) is 0. The van der Waals surface area contributed by atoms with Crippen LogP contribution in [0.4, 0.5) is 14.6 Å². The quantitative estimate of drug-likeness (QED) is 0.667. The largest absolute Gasteiger partial charge is 0.490 e. The third-order valence-electron chi connectivity index (χ3n) is 4.58. The number of para-hydroxylation sites is 2. The van der Waals surface area contributed by atoms with Crippen LogP contribution in [0.2, 0.25) is 0 Å². The van der Waals surface area contributed by atoms with Gasteiger partial charge in [0.15, 0.2) is 5.82 Å². The molecule has 1 saturated carbocycles. The number of benzene rings is 2. The fraction of sp³-hybridized carbons (Fsp3) is 0.300. The van der Waals surface area contributed by atoms with Gasteiger partial charge in [0.2, 0.25) is 0 Å². The summed E-state index contributed by atoms with van der Waals surface area (Å²) in [6.45, 7) is 0.437. The second-order valence-corrected chi connectivity index (χ2v) is 6.38. The molecule has 1 fully saturated rings. The highest BCUT2D eigenvalue weighted by Gasteiger charge is 2.20. The highest BCUT2D eigenvalue weighted by molar-refractivity contribution is 5.89. The lowest BCUT2D eigenvalue weighted by atomic mass is 9.96. The zero-order valence-corrected chi connectivity index (χ0v) is 14.2. The van der Waals surface area contributed by atoms with Gasteiger partial charge in [0.05, 0.1) is 11.6 Å². The first-order chi connectivity index (χ1) is 12.7. The van der Waals surface area contributed by atoms with Crippen molar-refractivity contribution in [3.05, 3.63) is 59.9 Å². The summed E-state index contributed by atoms with van der Waals surface area (Å²) in [6.07, 6.45) is 0.927. The Kier molecular flexibility index (Phi) is 4.65. The molecule has 0 unspecified atom stereocenters. The zero-order valence-electron chi connectivity index (χ0n) is 14.2. The lowest BCUT2D eigenvalue weighted by Crippen LogP contribution is -2.25. The molecular formula is C20H19F2N3O. The minimum absolute atomic E-state index is 0.279. The van der Waals surface area contributed by atoms with Crippen LogP contribution in [0.25, 0.3) is 10.9 Å². The van der Waals surface area contributed by atoms with Gasteiger partial charge >= 0.3 is 0 Å². The van der Waals surface area contributed by atoms with E-state index in [-0.39, 0.29) is 6.10 Å². The van der Waals surface area contributed by atoms with Crippen LogP contribution in [0.1, 0.15) is 37.1 Å². The van der Waals surface area contributed by atoms with Crippen LogP contribution in [-0.2, 0) is 6.54 Å². The van der Waals surface area contributed by atoms with Gasteiger partial charge in [-0.3, -0.25) is 0 Å². The van der Waals surface area contributed by atoms with Gasteiger partial charge in [-0.1, -0.05) is 30.3 Å². The fourth-order valence-corrected chi connectivity index (χ4v) is 2.94. The number of anilines is 1. The molecule has 0 amide bonds. The number of fused-ring (bicyclic) bond motifs is 1. The molecule has 3 aromatic rings. The van der Waals surface area contributed by atoms with Gasteiger partial charge < -0.3 is 10.1 Å². The Hall–Kier alpha value is -2.76. The van der Waals surface area contributed by atoms with E-state index in [2.05, 4.69) is 15.3 Å². The Balaban J connectivity index is 1.60. The normalized spacial score (nSPS) is 14.4. The molecule has 0 spiro atoms. The first-order valence-corrected chi connectivity index (χ1v) is 8.74. The van der Waals surface area contributed by atoms with Crippen LogP contribution >= 0.6 is 0 Å². The molecule has 0 bridgehead atoms. The molecule has 1 heterocycles. The number of alkyl halides is 2. The number of aromatic nitrogens is 2. The van der Waals surface area contributed by atoms with Gasteiger partial charge in [-0.15, -0.1) is 0 Å². The first-order valence-electron chi connectivity index (χ1n) is 8.74. The van der Waals surface area contributed by atoms with Crippen molar-refractivity contribution in [2.24, 2.45) is 0 Å². The van der Waals surface area contributed by atoms with E-state index in [1.165, 1.54) is 6.42 Å². The van der Waals surface area contributed by atoms with Gasteiger partial charge in [-0.2, -0.15) is 0 Å². The summed E-state index contributed by atoms with van der Waals surface area (Å²) in [5.74, 6) is 0.770. The summed E-state index contributed by atoms with van der Waals surface area (Å²) >= 11 is 0. The van der Waals surface area contributed by atoms with Crippen molar-refractivity contribution in [2.75, 3.05) is 5.32 Å². The molecule has 0 radical (unpaired) electrons. The highest BCUT2D eigenvalue weighted by atomic mass is 19.3. The molecule has 1 aromatic heterocycles. The molecule has 1 N–H and O–H groups in total. The Labute approximate surface area is 150 Å². The van der Waals surface area contributed by atoms with Crippen LogP contribution in [0.3, 0.4) is 0 Å². The molecule has 1 aliphatic rings. The Morgan fingerprint density at radius 2 is 1.81 bits per heavy atom. The van der Waals surface area contributed by atoms with Crippen molar-refractivity contribution in [1.29, 1.82) is 0 Å². The van der Waals surface area contributed by atoms with Crippen LogP contribution < -0.4 is 10.1 Å². The van der Waals surface area contributed by atoms with Crippen molar-refractivity contribution in [3.63, 3.8) is 0 Å². The maximum atomic E-state index is 13.1. The average molecular weight is 355 g/mol. The first kappa shape index (κ1) is 16.7. The fourth-order valence-electron chi connectivity index (χ4n) is 2.94. The highest BCUT2D eigenvalue weighted by Crippen LogP contribution is 2.29. The number of halogens is 2. The molecule has 0 aliphatic heterocycles. The molecule has 134 valence electrons. The average Bonchev–Trinajstić information content (AvgIpc) is 2.63. The Bertz CT molecular complexity index is 912. The minimum Gasteiger partial charge on any atom is -0.490 e. The smallest absolute Gasteiger partial charge is 0.297 e. The zero-order chi connectivity index (χ0) is 17.9. The standard InChI is InChI=1S/C20H19F2N3O/c21-18(22)20-24-16-10-3-2-9-15(16)19(25-20)23-12-13-6-1-4-11-17(13)26-14-7-5-8-14/h1-4,6,9-11,14,18H,5,7-8,12H2,(H,23,24,25). The van der Waals surface area contributed by atoms with Crippen LogP contribution in [0, 0.1) is 0 Å². The van der Waals surface area contributed by atoms with Crippen LogP contribution in [0.5, 0.6) is 5.75 Å². The van der Waals surface area contributed by atoms with Gasteiger partial charge in [0.25, 0.3) is 6.43 Å². The summed E-state index contributed by atoms with van der Waals surface area (Å²) in [5, 5.41) is 3.90. The predicted octanol–water partition coefficient (Wildman–Crippen LogP) is 5.11. The van der Waals surface area contributed by atoms with Crippen molar-refractivity contribution in [3.8, 4) is 5.75 Å². The van der Waals surface area contributed by atoms with E-state index in [1.807, 2.05) is 36.4 Å². The molecule has 2 aromatic carbocycles. The molecular weight excluding hydrogens is 336 g/mol. The van der Waals surface area contributed by atoms with E-state index < -0.39 is 12.2 Å². The number of hydrogen-bond donors (Lipinski definition) is 1. The van der Waals surface area contributed by atoms with Gasteiger partial charge in [0.1, 0.15) is 11.6 Å².